The minimum Gasteiger partial charge on any atom is -0.366 e. The predicted molar refractivity (Wildman–Crippen MR) is 105 cm³/mol. The van der Waals surface area contributed by atoms with Crippen molar-refractivity contribution in [1.29, 1.82) is 5.26 Å². The Morgan fingerprint density at radius 1 is 1.41 bits per heavy atom. The molecule has 2 heterocycles. The van der Waals surface area contributed by atoms with E-state index in [0.717, 1.165) is 25.3 Å². The van der Waals surface area contributed by atoms with E-state index in [1.807, 2.05) is 0 Å². The number of aromatic nitrogens is 1. The first-order valence-corrected chi connectivity index (χ1v) is 9.56. The number of H-pyrrole nitrogens is 1. The Morgan fingerprint density at radius 2 is 2.14 bits per heavy atom. The van der Waals surface area contributed by atoms with E-state index in [4.69, 9.17) is 5.73 Å². The third-order valence-corrected chi connectivity index (χ3v) is 6.16. The van der Waals surface area contributed by atoms with Crippen LogP contribution in [0.1, 0.15) is 59.3 Å². The lowest BCUT2D eigenvalue weighted by atomic mass is 9.80. The maximum Gasteiger partial charge on any atom is 0.298 e. The smallest absolute Gasteiger partial charge is 0.298 e. The van der Waals surface area contributed by atoms with Crippen LogP contribution >= 0.6 is 0 Å². The van der Waals surface area contributed by atoms with E-state index in [1.165, 1.54) is 0 Å². The van der Waals surface area contributed by atoms with E-state index < -0.39 is 11.7 Å². The van der Waals surface area contributed by atoms with Crippen molar-refractivity contribution in [2.24, 2.45) is 11.1 Å². The molecule has 4 rings (SSSR count). The Labute approximate surface area is 167 Å². The van der Waals surface area contributed by atoms with Crippen LogP contribution in [0.4, 0.5) is 4.39 Å². The summed E-state index contributed by atoms with van der Waals surface area (Å²) >= 11 is 0. The standard InChI is InChI=1S/C22H21FN4O2/c1-3-4-17(28)27-10-13(8-22(11-27)5-6-22)18-16(23)7-14(21(25)29)20-19(18)15(9-24)12(2)26-20/h7,13,26H,5-6,8,10-11H2,1-2H3,(H2,25,29). The predicted octanol–water partition coefficient (Wildman–Crippen LogP) is 2.71. The van der Waals surface area contributed by atoms with E-state index in [9.17, 15) is 14.9 Å². The molecule has 0 radical (unpaired) electrons. The number of piperidine rings is 1. The monoisotopic (exact) mass is 392 g/mol. The first-order valence-electron chi connectivity index (χ1n) is 9.56. The molecule has 2 amide bonds. The SMILES string of the molecule is CC#CC(=O)N1CC(c2c(F)cc(C(N)=O)c3[nH]c(C)c(C#N)c23)CC2(CC2)C1. The topological polar surface area (TPSA) is 103 Å². The normalized spacial score (nSPS) is 19.5. The second-order valence-electron chi connectivity index (χ2n) is 8.13. The van der Waals surface area contributed by atoms with Gasteiger partial charge in [0, 0.05) is 35.7 Å². The van der Waals surface area contributed by atoms with Crippen LogP contribution in [0.15, 0.2) is 6.07 Å². The molecule has 148 valence electrons. The Hall–Kier alpha value is -3.32. The van der Waals surface area contributed by atoms with E-state index >= 15 is 4.39 Å². The Morgan fingerprint density at radius 3 is 2.72 bits per heavy atom. The summed E-state index contributed by atoms with van der Waals surface area (Å²) in [5.74, 6) is 3.33. The lowest BCUT2D eigenvalue weighted by Crippen LogP contribution is -2.44. The highest BCUT2D eigenvalue weighted by atomic mass is 19.1. The second kappa shape index (κ2) is 6.63. The van der Waals surface area contributed by atoms with Crippen molar-refractivity contribution in [3.8, 4) is 17.9 Å². The van der Waals surface area contributed by atoms with Crippen LogP contribution < -0.4 is 5.73 Å². The van der Waals surface area contributed by atoms with Crippen molar-refractivity contribution >= 4 is 22.7 Å². The molecule has 1 aliphatic carbocycles. The highest BCUT2D eigenvalue weighted by Crippen LogP contribution is 2.56. The molecule has 1 aromatic heterocycles. The van der Waals surface area contributed by atoms with Gasteiger partial charge in [-0.3, -0.25) is 9.59 Å². The summed E-state index contributed by atoms with van der Waals surface area (Å²) in [7, 11) is 0. The number of nitrogens with zero attached hydrogens (tertiary/aromatic N) is 2. The molecule has 1 spiro atoms. The molecule has 2 aromatic rings. The molecule has 1 unspecified atom stereocenters. The Balaban J connectivity index is 1.91. The second-order valence-corrected chi connectivity index (χ2v) is 8.13. The number of nitriles is 1. The van der Waals surface area contributed by atoms with Gasteiger partial charge in [0.2, 0.25) is 0 Å². The number of nitrogens with two attached hydrogens (primary N) is 1. The van der Waals surface area contributed by atoms with Gasteiger partial charge in [0.1, 0.15) is 11.9 Å². The largest absolute Gasteiger partial charge is 0.366 e. The molecular weight excluding hydrogens is 371 g/mol. The van der Waals surface area contributed by atoms with E-state index in [1.54, 1.807) is 18.7 Å². The number of carbonyl (C=O) groups is 2. The van der Waals surface area contributed by atoms with Gasteiger partial charge in [-0.2, -0.15) is 5.26 Å². The molecule has 6 nitrogen and oxygen atoms in total. The number of nitrogens with one attached hydrogen (secondary N) is 1. The number of rotatable bonds is 2. The van der Waals surface area contributed by atoms with Crippen LogP contribution in [-0.4, -0.2) is 34.8 Å². The van der Waals surface area contributed by atoms with Crippen LogP contribution in [0.3, 0.4) is 0 Å². The number of hydrogen-bond acceptors (Lipinski definition) is 3. The third kappa shape index (κ3) is 3.03. The summed E-state index contributed by atoms with van der Waals surface area (Å²) in [6, 6.07) is 3.27. The number of aryl methyl sites for hydroxylation is 1. The lowest BCUT2D eigenvalue weighted by Gasteiger charge is -2.38. The van der Waals surface area contributed by atoms with Crippen molar-refractivity contribution in [2.75, 3.05) is 13.1 Å². The summed E-state index contributed by atoms with van der Waals surface area (Å²) in [6.45, 7) is 4.27. The highest BCUT2D eigenvalue weighted by Gasteiger charge is 2.50. The van der Waals surface area contributed by atoms with Crippen LogP contribution in [0.25, 0.3) is 10.9 Å². The van der Waals surface area contributed by atoms with Gasteiger partial charge >= 0.3 is 0 Å². The summed E-state index contributed by atoms with van der Waals surface area (Å²) in [4.78, 5) is 29.0. The number of hydrogen-bond donors (Lipinski definition) is 2. The summed E-state index contributed by atoms with van der Waals surface area (Å²) < 4.78 is 15.3. The Bertz CT molecular complexity index is 1160. The molecule has 7 heteroatoms. The van der Waals surface area contributed by atoms with Crippen LogP contribution in [0.2, 0.25) is 0 Å². The lowest BCUT2D eigenvalue weighted by molar-refractivity contribution is -0.127. The average molecular weight is 392 g/mol. The maximum atomic E-state index is 15.3. The summed E-state index contributed by atoms with van der Waals surface area (Å²) in [5, 5.41) is 10.1. The van der Waals surface area contributed by atoms with E-state index in [-0.39, 0.29) is 22.8 Å². The number of aromatic amines is 1. The fourth-order valence-electron chi connectivity index (χ4n) is 4.69. The molecule has 0 bridgehead atoms. The molecule has 1 saturated carbocycles. The molecule has 2 aliphatic rings. The molecule has 3 N–H and O–H groups in total. The molecule has 1 aromatic carbocycles. The van der Waals surface area contributed by atoms with Crippen molar-refractivity contribution in [3.63, 3.8) is 0 Å². The van der Waals surface area contributed by atoms with Crippen molar-refractivity contribution in [1.82, 2.24) is 9.88 Å². The summed E-state index contributed by atoms with van der Waals surface area (Å²) in [6.07, 6.45) is 2.69. The zero-order valence-electron chi connectivity index (χ0n) is 16.4. The minimum atomic E-state index is -0.761. The van der Waals surface area contributed by atoms with Crippen molar-refractivity contribution in [2.45, 2.75) is 39.0 Å². The van der Waals surface area contributed by atoms with Crippen molar-refractivity contribution in [3.05, 3.63) is 34.3 Å². The van der Waals surface area contributed by atoms with Gasteiger partial charge in [-0.15, -0.1) is 0 Å². The van der Waals surface area contributed by atoms with Crippen LogP contribution in [0, 0.1) is 41.3 Å². The number of benzene rings is 1. The van der Waals surface area contributed by atoms with Gasteiger partial charge in [-0.05, 0) is 50.5 Å². The quantitative estimate of drug-likeness (QED) is 0.768. The van der Waals surface area contributed by atoms with Gasteiger partial charge in [0.05, 0.1) is 16.6 Å². The Kier molecular flexibility index (Phi) is 4.35. The number of likely N-dealkylation sites (tertiary alicyclic amines) is 1. The van der Waals surface area contributed by atoms with Crippen molar-refractivity contribution < 1.29 is 14.0 Å². The van der Waals surface area contributed by atoms with Crippen LogP contribution in [0.5, 0.6) is 0 Å². The van der Waals surface area contributed by atoms with Gasteiger partial charge in [0.25, 0.3) is 11.8 Å². The van der Waals surface area contributed by atoms with E-state index in [0.29, 0.717) is 40.8 Å². The number of primary amides is 1. The molecule has 29 heavy (non-hydrogen) atoms. The van der Waals surface area contributed by atoms with Crippen LogP contribution in [-0.2, 0) is 4.79 Å². The number of halogens is 1. The average Bonchev–Trinajstić information content (AvgIpc) is 3.32. The number of carbonyl (C=O) groups excluding carboxylic acids is 2. The molecule has 1 atom stereocenters. The third-order valence-electron chi connectivity index (χ3n) is 6.16. The minimum absolute atomic E-state index is 0.0206. The first-order chi connectivity index (χ1) is 13.8. The molecule has 1 saturated heterocycles. The van der Waals surface area contributed by atoms with Gasteiger partial charge < -0.3 is 15.6 Å². The van der Waals surface area contributed by atoms with Gasteiger partial charge in [0.15, 0.2) is 0 Å². The number of fused-ring (bicyclic) bond motifs is 1. The molecule has 2 fully saturated rings. The fraction of sp³-hybridized carbons (Fsp3) is 0.409. The van der Waals surface area contributed by atoms with E-state index in [2.05, 4.69) is 22.9 Å². The zero-order chi connectivity index (χ0) is 20.9. The van der Waals surface area contributed by atoms with Gasteiger partial charge in [-0.1, -0.05) is 5.92 Å². The maximum absolute atomic E-state index is 15.3. The first kappa shape index (κ1) is 19.0. The number of amides is 2. The molecular formula is C22H21FN4O2. The highest BCUT2D eigenvalue weighted by molar-refractivity contribution is 6.08. The zero-order valence-corrected chi connectivity index (χ0v) is 16.4. The molecule has 1 aliphatic heterocycles. The fourth-order valence-corrected chi connectivity index (χ4v) is 4.69. The summed E-state index contributed by atoms with van der Waals surface area (Å²) in [5.41, 5.74) is 7.06. The van der Waals surface area contributed by atoms with Gasteiger partial charge in [-0.25, -0.2) is 4.39 Å².